The predicted molar refractivity (Wildman–Crippen MR) is 92.7 cm³/mol. The van der Waals surface area contributed by atoms with Gasteiger partial charge in [0.05, 0.1) is 17.8 Å². The third-order valence-corrected chi connectivity index (χ3v) is 4.54. The molecule has 0 unspecified atom stereocenters. The highest BCUT2D eigenvalue weighted by atomic mass is 16.5. The first-order chi connectivity index (χ1) is 12.2. The lowest BCUT2D eigenvalue weighted by Crippen LogP contribution is -2.15. The molecule has 0 spiro atoms. The van der Waals surface area contributed by atoms with E-state index in [0.717, 1.165) is 23.2 Å². The van der Waals surface area contributed by atoms with Crippen molar-refractivity contribution in [1.29, 1.82) is 0 Å². The Kier molecular flexibility index (Phi) is 4.06. The third-order valence-electron chi connectivity index (χ3n) is 4.54. The zero-order valence-electron chi connectivity index (χ0n) is 13.9. The molecular formula is C20H19N3O2. The monoisotopic (exact) mass is 333 g/mol. The summed E-state index contributed by atoms with van der Waals surface area (Å²) in [6.45, 7) is 0. The van der Waals surface area contributed by atoms with Crippen molar-refractivity contribution < 1.29 is 9.53 Å². The molecule has 2 aromatic heterocycles. The van der Waals surface area contributed by atoms with Crippen molar-refractivity contribution in [2.75, 3.05) is 0 Å². The summed E-state index contributed by atoms with van der Waals surface area (Å²) < 4.78 is 7.64. The van der Waals surface area contributed by atoms with Gasteiger partial charge in [0.2, 0.25) is 0 Å². The molecule has 0 radical (unpaired) electrons. The van der Waals surface area contributed by atoms with E-state index in [1.54, 1.807) is 10.9 Å². The van der Waals surface area contributed by atoms with Crippen molar-refractivity contribution in [1.82, 2.24) is 14.8 Å². The van der Waals surface area contributed by atoms with E-state index >= 15 is 0 Å². The minimum absolute atomic E-state index is 0.0980. The van der Waals surface area contributed by atoms with Gasteiger partial charge >= 0.3 is 5.97 Å². The lowest BCUT2D eigenvalue weighted by molar-refractivity contribution is -0.149. The zero-order valence-corrected chi connectivity index (χ0v) is 13.9. The second-order valence-corrected chi connectivity index (χ2v) is 6.38. The summed E-state index contributed by atoms with van der Waals surface area (Å²) >= 11 is 0. The molecule has 4 rings (SSSR count). The largest absolute Gasteiger partial charge is 0.451 e. The Morgan fingerprint density at radius 1 is 1.20 bits per heavy atom. The van der Waals surface area contributed by atoms with Gasteiger partial charge in [-0.3, -0.25) is 14.5 Å². The van der Waals surface area contributed by atoms with Gasteiger partial charge in [0.25, 0.3) is 0 Å². The van der Waals surface area contributed by atoms with Gasteiger partial charge < -0.3 is 4.74 Å². The molecule has 126 valence electrons. The second-order valence-electron chi connectivity index (χ2n) is 6.38. The van der Waals surface area contributed by atoms with Gasteiger partial charge in [0.15, 0.2) is 6.10 Å². The molecule has 0 saturated heterocycles. The fourth-order valence-corrected chi connectivity index (χ4v) is 3.12. The molecule has 0 N–H and O–H groups in total. The average Bonchev–Trinajstić information content (AvgIpc) is 3.35. The number of rotatable bonds is 5. The van der Waals surface area contributed by atoms with Crippen molar-refractivity contribution in [2.45, 2.75) is 18.4 Å². The van der Waals surface area contributed by atoms with Gasteiger partial charge in [-0.05, 0) is 29.7 Å². The van der Waals surface area contributed by atoms with E-state index in [1.807, 2.05) is 68.0 Å². The van der Waals surface area contributed by atoms with E-state index < -0.39 is 6.10 Å². The first kappa shape index (κ1) is 15.6. The number of pyridine rings is 1. The Hall–Kier alpha value is -2.95. The quantitative estimate of drug-likeness (QED) is 0.673. The van der Waals surface area contributed by atoms with Crippen LogP contribution in [0.5, 0.6) is 0 Å². The van der Waals surface area contributed by atoms with Crippen LogP contribution < -0.4 is 0 Å². The average molecular weight is 333 g/mol. The van der Waals surface area contributed by atoms with Crippen LogP contribution in [-0.2, 0) is 16.6 Å². The maximum Gasteiger partial charge on any atom is 0.310 e. The summed E-state index contributed by atoms with van der Waals surface area (Å²) in [7, 11) is 1.88. The summed E-state index contributed by atoms with van der Waals surface area (Å²) in [5.74, 6) is -0.0613. The molecule has 1 aliphatic carbocycles. The fourth-order valence-electron chi connectivity index (χ4n) is 3.12. The second kappa shape index (κ2) is 6.51. The van der Waals surface area contributed by atoms with E-state index in [9.17, 15) is 4.79 Å². The summed E-state index contributed by atoms with van der Waals surface area (Å²) in [5, 5.41) is 4.18. The highest BCUT2D eigenvalue weighted by Crippen LogP contribution is 2.48. The molecule has 1 aliphatic rings. The van der Waals surface area contributed by atoms with Crippen LogP contribution in [0.2, 0.25) is 0 Å². The van der Waals surface area contributed by atoms with Crippen LogP contribution >= 0.6 is 0 Å². The molecule has 0 bridgehead atoms. The highest BCUT2D eigenvalue weighted by Gasteiger charge is 2.46. The Morgan fingerprint density at radius 2 is 2.00 bits per heavy atom. The number of hydrogen-bond donors (Lipinski definition) is 0. The predicted octanol–water partition coefficient (Wildman–Crippen LogP) is 3.25. The number of benzene rings is 1. The van der Waals surface area contributed by atoms with Gasteiger partial charge in [-0.15, -0.1) is 0 Å². The molecule has 1 saturated carbocycles. The molecule has 3 atom stereocenters. The van der Waals surface area contributed by atoms with E-state index in [0.29, 0.717) is 0 Å². The van der Waals surface area contributed by atoms with Crippen LogP contribution in [0, 0.1) is 5.92 Å². The zero-order chi connectivity index (χ0) is 17.2. The normalized spacial score (nSPS) is 20.0. The van der Waals surface area contributed by atoms with E-state index in [1.165, 1.54) is 0 Å². The van der Waals surface area contributed by atoms with Crippen molar-refractivity contribution in [2.24, 2.45) is 13.0 Å². The molecule has 5 nitrogen and oxygen atoms in total. The number of carbonyl (C=O) groups is 1. The molecule has 3 aromatic rings. The number of hydrogen-bond acceptors (Lipinski definition) is 4. The maximum absolute atomic E-state index is 12.7. The van der Waals surface area contributed by atoms with Crippen LogP contribution in [0.4, 0.5) is 0 Å². The van der Waals surface area contributed by atoms with Crippen LogP contribution in [0.15, 0.2) is 67.1 Å². The van der Waals surface area contributed by atoms with Crippen LogP contribution in [0.25, 0.3) is 0 Å². The SMILES string of the molecule is Cn1cc([C@@H]2C[C@H]2C(=O)O[C@H](c2ccccc2)c2ccccn2)cn1. The molecule has 2 heterocycles. The van der Waals surface area contributed by atoms with Crippen LogP contribution in [0.1, 0.15) is 35.3 Å². The Labute approximate surface area is 146 Å². The molecular weight excluding hydrogens is 314 g/mol. The molecule has 0 amide bonds. The summed E-state index contributed by atoms with van der Waals surface area (Å²) in [4.78, 5) is 17.1. The van der Waals surface area contributed by atoms with Gasteiger partial charge in [-0.2, -0.15) is 5.10 Å². The molecule has 0 aliphatic heterocycles. The topological polar surface area (TPSA) is 57.0 Å². The number of aromatic nitrogens is 3. The number of aryl methyl sites for hydroxylation is 1. The molecule has 5 heteroatoms. The molecule has 1 fully saturated rings. The minimum atomic E-state index is -0.481. The van der Waals surface area contributed by atoms with E-state index in [-0.39, 0.29) is 17.8 Å². The summed E-state index contributed by atoms with van der Waals surface area (Å²) in [6.07, 6.45) is 5.84. The number of nitrogens with zero attached hydrogens (tertiary/aromatic N) is 3. The minimum Gasteiger partial charge on any atom is -0.451 e. The maximum atomic E-state index is 12.7. The van der Waals surface area contributed by atoms with Crippen LogP contribution in [-0.4, -0.2) is 20.7 Å². The van der Waals surface area contributed by atoms with E-state index in [4.69, 9.17) is 4.74 Å². The van der Waals surface area contributed by atoms with Crippen molar-refractivity contribution in [3.05, 3.63) is 83.9 Å². The fraction of sp³-hybridized carbons (Fsp3) is 0.250. The van der Waals surface area contributed by atoms with Crippen LogP contribution in [0.3, 0.4) is 0 Å². The standard InChI is InChI=1S/C20H19N3O2/c1-23-13-15(12-22-23)16-11-17(16)20(24)25-19(14-7-3-2-4-8-14)18-9-5-6-10-21-18/h2-10,12-13,16-17,19H,11H2,1H3/t16-,17+,19+/m0/s1. The van der Waals surface area contributed by atoms with Crippen molar-refractivity contribution >= 4 is 5.97 Å². The third kappa shape index (κ3) is 3.31. The highest BCUT2D eigenvalue weighted by molar-refractivity contribution is 5.77. The smallest absolute Gasteiger partial charge is 0.310 e. The Morgan fingerprint density at radius 3 is 2.68 bits per heavy atom. The first-order valence-corrected chi connectivity index (χ1v) is 8.37. The van der Waals surface area contributed by atoms with Gasteiger partial charge in [0.1, 0.15) is 0 Å². The molecule has 25 heavy (non-hydrogen) atoms. The lowest BCUT2D eigenvalue weighted by Gasteiger charge is -2.18. The lowest BCUT2D eigenvalue weighted by atomic mass is 10.1. The summed E-state index contributed by atoms with van der Waals surface area (Å²) in [6, 6.07) is 15.4. The van der Waals surface area contributed by atoms with Gasteiger partial charge in [0, 0.05) is 25.4 Å². The Bertz CT molecular complexity index is 821. The Balaban J connectivity index is 1.52. The number of esters is 1. The number of carbonyl (C=O) groups excluding carboxylic acids is 1. The number of ether oxygens (including phenoxy) is 1. The van der Waals surface area contributed by atoms with Gasteiger partial charge in [-0.25, -0.2) is 0 Å². The molecule has 1 aromatic carbocycles. The van der Waals surface area contributed by atoms with E-state index in [2.05, 4.69) is 10.1 Å². The first-order valence-electron chi connectivity index (χ1n) is 8.37. The van der Waals surface area contributed by atoms with Crippen molar-refractivity contribution in [3.8, 4) is 0 Å². The van der Waals surface area contributed by atoms with Crippen molar-refractivity contribution in [3.63, 3.8) is 0 Å². The van der Waals surface area contributed by atoms with Gasteiger partial charge in [-0.1, -0.05) is 36.4 Å². The summed E-state index contributed by atoms with van der Waals surface area (Å²) in [5.41, 5.74) is 2.76.